The Morgan fingerprint density at radius 1 is 1.29 bits per heavy atom. The third-order valence-electron chi connectivity index (χ3n) is 2.75. The number of carbonyl (C=O) groups is 1. The van der Waals surface area contributed by atoms with Crippen LogP contribution in [-0.4, -0.2) is 11.9 Å². The molecule has 0 aromatic heterocycles. The molecule has 0 bridgehead atoms. The molecule has 2 rings (SSSR count). The van der Waals surface area contributed by atoms with Crippen molar-refractivity contribution >= 4 is 17.3 Å². The van der Waals surface area contributed by atoms with Gasteiger partial charge in [-0.15, -0.1) is 0 Å². The summed E-state index contributed by atoms with van der Waals surface area (Å²) in [5.74, 6) is 0.0285. The second-order valence-corrected chi connectivity index (χ2v) is 3.79. The van der Waals surface area contributed by atoms with Crippen molar-refractivity contribution in [2.75, 3.05) is 10.6 Å². The Hall–Kier alpha value is -1.51. The van der Waals surface area contributed by atoms with Crippen LogP contribution < -0.4 is 10.6 Å². The van der Waals surface area contributed by atoms with Gasteiger partial charge in [0, 0.05) is 0 Å². The van der Waals surface area contributed by atoms with Crippen LogP contribution in [0, 0.1) is 13.8 Å². The van der Waals surface area contributed by atoms with Crippen molar-refractivity contribution in [3.8, 4) is 0 Å². The molecule has 0 radical (unpaired) electrons. The average molecular weight is 190 g/mol. The number of benzene rings is 1. The molecule has 0 saturated heterocycles. The molecule has 1 amide bonds. The lowest BCUT2D eigenvalue weighted by Crippen LogP contribution is -2.36. The summed E-state index contributed by atoms with van der Waals surface area (Å²) < 4.78 is 0. The van der Waals surface area contributed by atoms with E-state index in [0.29, 0.717) is 0 Å². The molecule has 1 aromatic carbocycles. The number of anilines is 2. The molecule has 1 aliphatic rings. The maximum atomic E-state index is 11.4. The van der Waals surface area contributed by atoms with Gasteiger partial charge in [0.25, 0.3) is 0 Å². The minimum absolute atomic E-state index is 0.0285. The predicted molar refractivity (Wildman–Crippen MR) is 57.6 cm³/mol. The van der Waals surface area contributed by atoms with Gasteiger partial charge in [0.05, 0.1) is 11.4 Å². The van der Waals surface area contributed by atoms with Gasteiger partial charge >= 0.3 is 0 Å². The van der Waals surface area contributed by atoms with Gasteiger partial charge in [-0.2, -0.15) is 0 Å². The number of hydrogen-bond acceptors (Lipinski definition) is 2. The lowest BCUT2D eigenvalue weighted by molar-refractivity contribution is -0.116. The monoisotopic (exact) mass is 190 g/mol. The SMILES string of the molecule is Cc1ccc2c(c1C)NC(C)C(=O)N2. The molecule has 3 heteroatoms. The molecule has 1 atom stereocenters. The third-order valence-corrected chi connectivity index (χ3v) is 2.75. The van der Waals surface area contributed by atoms with E-state index in [2.05, 4.69) is 24.5 Å². The summed E-state index contributed by atoms with van der Waals surface area (Å²) >= 11 is 0. The summed E-state index contributed by atoms with van der Waals surface area (Å²) in [6.07, 6.45) is 0. The van der Waals surface area contributed by atoms with E-state index in [1.54, 1.807) is 0 Å². The second-order valence-electron chi connectivity index (χ2n) is 3.79. The van der Waals surface area contributed by atoms with E-state index in [9.17, 15) is 4.79 Å². The first-order valence-corrected chi connectivity index (χ1v) is 4.77. The number of aryl methyl sites for hydroxylation is 1. The summed E-state index contributed by atoms with van der Waals surface area (Å²) in [7, 11) is 0. The Bertz CT molecular complexity index is 399. The van der Waals surface area contributed by atoms with Gasteiger partial charge in [-0.25, -0.2) is 0 Å². The van der Waals surface area contributed by atoms with Gasteiger partial charge < -0.3 is 10.6 Å². The zero-order chi connectivity index (χ0) is 10.3. The highest BCUT2D eigenvalue weighted by Crippen LogP contribution is 2.31. The highest BCUT2D eigenvalue weighted by atomic mass is 16.2. The highest BCUT2D eigenvalue weighted by molar-refractivity contribution is 6.03. The van der Waals surface area contributed by atoms with E-state index in [1.165, 1.54) is 11.1 Å². The first-order chi connectivity index (χ1) is 6.59. The van der Waals surface area contributed by atoms with Crippen molar-refractivity contribution in [3.05, 3.63) is 23.3 Å². The number of nitrogens with one attached hydrogen (secondary N) is 2. The van der Waals surface area contributed by atoms with Crippen LogP contribution in [0.25, 0.3) is 0 Å². The van der Waals surface area contributed by atoms with Gasteiger partial charge in [-0.1, -0.05) is 6.07 Å². The Balaban J connectivity index is 2.52. The zero-order valence-corrected chi connectivity index (χ0v) is 8.64. The normalized spacial score (nSPS) is 19.6. The molecule has 0 saturated carbocycles. The topological polar surface area (TPSA) is 41.1 Å². The molecular formula is C11H14N2O. The number of carbonyl (C=O) groups excluding carboxylic acids is 1. The van der Waals surface area contributed by atoms with Crippen LogP contribution in [0.5, 0.6) is 0 Å². The Morgan fingerprint density at radius 2 is 2.00 bits per heavy atom. The Labute approximate surface area is 83.5 Å². The van der Waals surface area contributed by atoms with E-state index in [-0.39, 0.29) is 11.9 Å². The third kappa shape index (κ3) is 1.25. The van der Waals surface area contributed by atoms with E-state index in [0.717, 1.165) is 11.4 Å². The smallest absolute Gasteiger partial charge is 0.246 e. The van der Waals surface area contributed by atoms with E-state index < -0.39 is 0 Å². The van der Waals surface area contributed by atoms with Crippen molar-refractivity contribution in [3.63, 3.8) is 0 Å². The van der Waals surface area contributed by atoms with Gasteiger partial charge in [-0.05, 0) is 38.0 Å². The summed E-state index contributed by atoms with van der Waals surface area (Å²) in [6, 6.07) is 3.81. The minimum atomic E-state index is -0.150. The molecule has 1 unspecified atom stereocenters. The molecule has 3 nitrogen and oxygen atoms in total. The van der Waals surface area contributed by atoms with Crippen LogP contribution in [0.2, 0.25) is 0 Å². The molecule has 0 fully saturated rings. The fourth-order valence-corrected chi connectivity index (χ4v) is 1.63. The van der Waals surface area contributed by atoms with Crippen molar-refractivity contribution < 1.29 is 4.79 Å². The standard InChI is InChI=1S/C11H14N2O/c1-6-4-5-9-10(7(6)2)12-8(3)11(14)13-9/h4-5,8,12H,1-3H3,(H,13,14). The van der Waals surface area contributed by atoms with E-state index in [4.69, 9.17) is 0 Å². The molecule has 1 aliphatic heterocycles. The average Bonchev–Trinajstić information content (AvgIpc) is 2.15. The maximum absolute atomic E-state index is 11.4. The van der Waals surface area contributed by atoms with Crippen LogP contribution in [0.3, 0.4) is 0 Å². The second kappa shape index (κ2) is 3.01. The van der Waals surface area contributed by atoms with Crippen LogP contribution >= 0.6 is 0 Å². The van der Waals surface area contributed by atoms with Gasteiger partial charge in [0.15, 0.2) is 0 Å². The summed E-state index contributed by atoms with van der Waals surface area (Å²) in [4.78, 5) is 11.4. The van der Waals surface area contributed by atoms with E-state index in [1.807, 2.05) is 19.1 Å². The first kappa shape index (κ1) is 9.06. The van der Waals surface area contributed by atoms with Gasteiger partial charge in [0.2, 0.25) is 5.91 Å². The van der Waals surface area contributed by atoms with Gasteiger partial charge in [0.1, 0.15) is 6.04 Å². The lowest BCUT2D eigenvalue weighted by atomic mass is 10.0. The number of fused-ring (bicyclic) bond motifs is 1. The van der Waals surface area contributed by atoms with E-state index >= 15 is 0 Å². The van der Waals surface area contributed by atoms with Crippen molar-refractivity contribution in [2.24, 2.45) is 0 Å². The maximum Gasteiger partial charge on any atom is 0.246 e. The fraction of sp³-hybridized carbons (Fsp3) is 0.364. The molecular weight excluding hydrogens is 176 g/mol. The fourth-order valence-electron chi connectivity index (χ4n) is 1.63. The number of amides is 1. The molecule has 0 aliphatic carbocycles. The predicted octanol–water partition coefficient (Wildman–Crippen LogP) is 2.06. The van der Waals surface area contributed by atoms with Crippen LogP contribution in [0.4, 0.5) is 11.4 Å². The summed E-state index contributed by atoms with van der Waals surface area (Å²) in [5.41, 5.74) is 4.38. The Kier molecular flexibility index (Phi) is 1.95. The molecule has 14 heavy (non-hydrogen) atoms. The minimum Gasteiger partial charge on any atom is -0.372 e. The number of hydrogen-bond donors (Lipinski definition) is 2. The van der Waals surface area contributed by atoms with Crippen molar-refractivity contribution in [1.29, 1.82) is 0 Å². The van der Waals surface area contributed by atoms with Crippen LogP contribution in [0.1, 0.15) is 18.1 Å². The first-order valence-electron chi connectivity index (χ1n) is 4.77. The highest BCUT2D eigenvalue weighted by Gasteiger charge is 2.22. The quantitative estimate of drug-likeness (QED) is 0.657. The van der Waals surface area contributed by atoms with Crippen molar-refractivity contribution in [2.45, 2.75) is 26.8 Å². The molecule has 1 heterocycles. The molecule has 0 spiro atoms. The number of rotatable bonds is 0. The zero-order valence-electron chi connectivity index (χ0n) is 8.64. The molecule has 2 N–H and O–H groups in total. The molecule has 1 aromatic rings. The molecule has 74 valence electrons. The summed E-state index contributed by atoms with van der Waals surface area (Å²) in [5, 5.41) is 6.08. The van der Waals surface area contributed by atoms with Crippen molar-refractivity contribution in [1.82, 2.24) is 0 Å². The lowest BCUT2D eigenvalue weighted by Gasteiger charge is -2.26. The van der Waals surface area contributed by atoms with Crippen LogP contribution in [0.15, 0.2) is 12.1 Å². The Morgan fingerprint density at radius 3 is 2.71 bits per heavy atom. The van der Waals surface area contributed by atoms with Crippen LogP contribution in [-0.2, 0) is 4.79 Å². The summed E-state index contributed by atoms with van der Waals surface area (Å²) in [6.45, 7) is 5.99. The largest absolute Gasteiger partial charge is 0.372 e. The van der Waals surface area contributed by atoms with Gasteiger partial charge in [-0.3, -0.25) is 4.79 Å².